The molecule has 3 heteroatoms. The molecule has 0 saturated carbocycles. The van der Waals surface area contributed by atoms with Crippen molar-refractivity contribution >= 4 is 5.84 Å². The Balaban J connectivity index is 2.29. The van der Waals surface area contributed by atoms with Crippen LogP contribution in [0.15, 0.2) is 28.4 Å². The van der Waals surface area contributed by atoms with Crippen LogP contribution in [0.4, 0.5) is 0 Å². The van der Waals surface area contributed by atoms with E-state index in [0.717, 1.165) is 12.3 Å². The number of nitrogens with zero attached hydrogens (tertiary/aromatic N) is 2. The fourth-order valence-electron chi connectivity index (χ4n) is 1.87. The summed E-state index contributed by atoms with van der Waals surface area (Å²) in [5.41, 5.74) is 8.27. The van der Waals surface area contributed by atoms with Gasteiger partial charge in [0.15, 0.2) is 0 Å². The first kappa shape index (κ1) is 8.51. The Morgan fingerprint density at radius 3 is 3.08 bits per heavy atom. The molecule has 1 aliphatic heterocycles. The van der Waals surface area contributed by atoms with Crippen molar-refractivity contribution in [1.82, 2.24) is 4.90 Å². The Labute approximate surface area is 78.6 Å². The first-order chi connectivity index (χ1) is 6.22. The van der Waals surface area contributed by atoms with Gasteiger partial charge in [0.25, 0.3) is 0 Å². The molecule has 3 nitrogen and oxygen atoms in total. The van der Waals surface area contributed by atoms with Gasteiger partial charge in [-0.3, -0.25) is 4.99 Å². The van der Waals surface area contributed by atoms with Crippen molar-refractivity contribution in [1.29, 1.82) is 0 Å². The van der Waals surface area contributed by atoms with Crippen molar-refractivity contribution in [2.24, 2.45) is 10.7 Å². The van der Waals surface area contributed by atoms with E-state index >= 15 is 0 Å². The Morgan fingerprint density at radius 2 is 2.38 bits per heavy atom. The standard InChI is InChI=1S/C10H15N3/c1-7-3-4-9-8(5-7)12-10(6-11)13(9)2/h3-4,8H,5-6,11H2,1-2H3. The summed E-state index contributed by atoms with van der Waals surface area (Å²) in [6.45, 7) is 2.67. The Morgan fingerprint density at radius 1 is 1.62 bits per heavy atom. The molecule has 0 fully saturated rings. The van der Waals surface area contributed by atoms with Crippen LogP contribution in [-0.2, 0) is 0 Å². The molecule has 2 N–H and O–H groups in total. The lowest BCUT2D eigenvalue weighted by molar-refractivity contribution is 0.587. The van der Waals surface area contributed by atoms with Crippen molar-refractivity contribution in [3.05, 3.63) is 23.4 Å². The SMILES string of the molecule is CC1=CC=C2C(C1)N=C(CN)N2C. The quantitative estimate of drug-likeness (QED) is 0.646. The Hall–Kier alpha value is -1.09. The van der Waals surface area contributed by atoms with Gasteiger partial charge in [-0.15, -0.1) is 0 Å². The number of hydrogen-bond donors (Lipinski definition) is 1. The maximum atomic E-state index is 5.60. The minimum Gasteiger partial charge on any atom is -0.334 e. The number of likely N-dealkylation sites (N-methyl/N-ethyl adjacent to an activating group) is 1. The average molecular weight is 177 g/mol. The van der Waals surface area contributed by atoms with Gasteiger partial charge < -0.3 is 10.6 Å². The predicted octanol–water partition coefficient (Wildman–Crippen LogP) is 0.892. The van der Waals surface area contributed by atoms with Crippen molar-refractivity contribution in [3.8, 4) is 0 Å². The fraction of sp³-hybridized carbons (Fsp3) is 0.500. The van der Waals surface area contributed by atoms with E-state index < -0.39 is 0 Å². The largest absolute Gasteiger partial charge is 0.334 e. The zero-order valence-corrected chi connectivity index (χ0v) is 8.12. The lowest BCUT2D eigenvalue weighted by atomic mass is 10.00. The van der Waals surface area contributed by atoms with Gasteiger partial charge in [0.1, 0.15) is 5.84 Å². The molecule has 0 aromatic rings. The predicted molar refractivity (Wildman–Crippen MR) is 54.5 cm³/mol. The van der Waals surface area contributed by atoms with Crippen molar-refractivity contribution < 1.29 is 0 Å². The number of amidine groups is 1. The summed E-state index contributed by atoms with van der Waals surface area (Å²) in [5, 5.41) is 0. The first-order valence-electron chi connectivity index (χ1n) is 4.60. The Bertz CT molecular complexity index is 312. The number of nitrogens with two attached hydrogens (primary N) is 1. The number of fused-ring (bicyclic) bond motifs is 1. The topological polar surface area (TPSA) is 41.6 Å². The monoisotopic (exact) mass is 177 g/mol. The summed E-state index contributed by atoms with van der Waals surface area (Å²) in [4.78, 5) is 6.67. The van der Waals surface area contributed by atoms with E-state index in [-0.39, 0.29) is 0 Å². The molecule has 1 aliphatic carbocycles. The van der Waals surface area contributed by atoms with Crippen molar-refractivity contribution in [2.75, 3.05) is 13.6 Å². The molecular weight excluding hydrogens is 162 g/mol. The average Bonchev–Trinajstić information content (AvgIpc) is 2.42. The van der Waals surface area contributed by atoms with E-state index in [1.54, 1.807) is 0 Å². The van der Waals surface area contributed by atoms with E-state index in [0.29, 0.717) is 12.6 Å². The van der Waals surface area contributed by atoms with E-state index in [1.165, 1.54) is 11.3 Å². The molecule has 13 heavy (non-hydrogen) atoms. The smallest absolute Gasteiger partial charge is 0.117 e. The molecule has 2 rings (SSSR count). The van der Waals surface area contributed by atoms with E-state index in [1.807, 2.05) is 7.05 Å². The highest BCUT2D eigenvalue weighted by atomic mass is 15.3. The summed E-state index contributed by atoms with van der Waals surface area (Å²) in [5.74, 6) is 0.999. The third kappa shape index (κ3) is 1.29. The molecule has 0 aromatic heterocycles. The molecule has 0 spiro atoms. The maximum absolute atomic E-state index is 5.60. The zero-order chi connectivity index (χ0) is 9.42. The molecule has 2 aliphatic rings. The third-order valence-electron chi connectivity index (χ3n) is 2.66. The maximum Gasteiger partial charge on any atom is 0.117 e. The normalized spacial score (nSPS) is 26.5. The minimum atomic E-state index is 0.327. The van der Waals surface area contributed by atoms with Gasteiger partial charge in [0.2, 0.25) is 0 Å². The van der Waals surface area contributed by atoms with Crippen LogP contribution in [0.1, 0.15) is 13.3 Å². The number of allylic oxidation sites excluding steroid dienone is 2. The number of aliphatic imine (C=N–C) groups is 1. The molecule has 0 amide bonds. The summed E-state index contributed by atoms with van der Waals surface area (Å²) >= 11 is 0. The molecule has 0 radical (unpaired) electrons. The van der Waals surface area contributed by atoms with Gasteiger partial charge >= 0.3 is 0 Å². The zero-order valence-electron chi connectivity index (χ0n) is 8.12. The lowest BCUT2D eigenvalue weighted by Gasteiger charge is -2.20. The molecule has 1 heterocycles. The van der Waals surface area contributed by atoms with Crippen LogP contribution < -0.4 is 5.73 Å². The highest BCUT2D eigenvalue weighted by Crippen LogP contribution is 2.28. The van der Waals surface area contributed by atoms with Crippen molar-refractivity contribution in [3.63, 3.8) is 0 Å². The first-order valence-corrected chi connectivity index (χ1v) is 4.60. The van der Waals surface area contributed by atoms with Gasteiger partial charge in [-0.2, -0.15) is 0 Å². The molecular formula is C10H15N3. The van der Waals surface area contributed by atoms with Crippen LogP contribution in [-0.4, -0.2) is 30.4 Å². The second-order valence-corrected chi connectivity index (χ2v) is 3.63. The molecule has 1 atom stereocenters. The third-order valence-corrected chi connectivity index (χ3v) is 2.66. The van der Waals surface area contributed by atoms with Gasteiger partial charge in [-0.25, -0.2) is 0 Å². The van der Waals surface area contributed by atoms with Gasteiger partial charge in [0, 0.05) is 12.7 Å². The summed E-state index contributed by atoms with van der Waals surface area (Å²) < 4.78 is 0. The van der Waals surface area contributed by atoms with Crippen LogP contribution in [0, 0.1) is 0 Å². The molecule has 70 valence electrons. The fourth-order valence-corrected chi connectivity index (χ4v) is 1.87. The summed E-state index contributed by atoms with van der Waals surface area (Å²) in [7, 11) is 2.03. The molecule has 1 unspecified atom stereocenters. The number of hydrogen-bond acceptors (Lipinski definition) is 3. The minimum absolute atomic E-state index is 0.327. The van der Waals surface area contributed by atoms with Crippen LogP contribution >= 0.6 is 0 Å². The van der Waals surface area contributed by atoms with Gasteiger partial charge in [-0.05, 0) is 19.4 Å². The molecule has 0 saturated heterocycles. The van der Waals surface area contributed by atoms with E-state index in [4.69, 9.17) is 5.73 Å². The van der Waals surface area contributed by atoms with Gasteiger partial charge in [-0.1, -0.05) is 11.6 Å². The highest BCUT2D eigenvalue weighted by molar-refractivity contribution is 5.88. The lowest BCUT2D eigenvalue weighted by Crippen LogP contribution is -2.29. The van der Waals surface area contributed by atoms with Gasteiger partial charge in [0.05, 0.1) is 12.6 Å². The van der Waals surface area contributed by atoms with E-state index in [9.17, 15) is 0 Å². The second-order valence-electron chi connectivity index (χ2n) is 3.63. The van der Waals surface area contributed by atoms with Crippen LogP contribution in [0.3, 0.4) is 0 Å². The van der Waals surface area contributed by atoms with Crippen LogP contribution in [0.25, 0.3) is 0 Å². The second kappa shape index (κ2) is 3.00. The van der Waals surface area contributed by atoms with Crippen LogP contribution in [0.2, 0.25) is 0 Å². The summed E-state index contributed by atoms with van der Waals surface area (Å²) in [6, 6.07) is 0.327. The van der Waals surface area contributed by atoms with Crippen LogP contribution in [0.5, 0.6) is 0 Å². The summed E-state index contributed by atoms with van der Waals surface area (Å²) in [6.07, 6.45) is 5.35. The van der Waals surface area contributed by atoms with E-state index in [2.05, 4.69) is 29.0 Å². The Kier molecular flexibility index (Phi) is 1.96. The highest BCUT2D eigenvalue weighted by Gasteiger charge is 2.28. The molecule has 0 aromatic carbocycles. The number of rotatable bonds is 1. The van der Waals surface area contributed by atoms with Crippen molar-refractivity contribution in [2.45, 2.75) is 19.4 Å². The molecule has 0 bridgehead atoms.